The lowest BCUT2D eigenvalue weighted by Gasteiger charge is -2.03. The molecule has 5 heteroatoms. The van der Waals surface area contributed by atoms with E-state index in [1.54, 1.807) is 24.3 Å². The molecule has 0 bridgehead atoms. The lowest BCUT2D eigenvalue weighted by molar-refractivity contribution is -0.133. The van der Waals surface area contributed by atoms with Crippen LogP contribution in [0.5, 0.6) is 0 Å². The normalized spacial score (nSPS) is 9.00. The summed E-state index contributed by atoms with van der Waals surface area (Å²) in [5.74, 6) is 4.51. The topological polar surface area (TPSA) is 55.4 Å². The van der Waals surface area contributed by atoms with Crippen molar-refractivity contribution in [1.82, 2.24) is 0 Å². The number of halogens is 1. The van der Waals surface area contributed by atoms with E-state index >= 15 is 0 Å². The number of methoxy groups -OCH3 is 1. The lowest BCUT2D eigenvalue weighted by Crippen LogP contribution is -2.11. The number of alkyl halides is 1. The molecule has 1 rings (SSSR count). The average Bonchev–Trinajstić information content (AvgIpc) is 2.37. The number of esters is 1. The first-order valence-corrected chi connectivity index (χ1v) is 5.75. The molecular formula is C13H12ClNO3. The van der Waals surface area contributed by atoms with Gasteiger partial charge in [0.15, 0.2) is 0 Å². The van der Waals surface area contributed by atoms with Crippen molar-refractivity contribution in [2.24, 2.45) is 0 Å². The number of anilines is 1. The molecule has 0 saturated carbocycles. The summed E-state index contributed by atoms with van der Waals surface area (Å²) in [6.07, 6.45) is 0.269. The van der Waals surface area contributed by atoms with E-state index in [1.807, 2.05) is 0 Å². The van der Waals surface area contributed by atoms with Gasteiger partial charge in [-0.2, -0.15) is 0 Å². The van der Waals surface area contributed by atoms with E-state index in [-0.39, 0.29) is 18.2 Å². The van der Waals surface area contributed by atoms with Crippen molar-refractivity contribution in [1.29, 1.82) is 0 Å². The molecule has 0 saturated heterocycles. The molecule has 0 atom stereocenters. The molecule has 0 aliphatic rings. The lowest BCUT2D eigenvalue weighted by atomic mass is 10.2. The monoisotopic (exact) mass is 265 g/mol. The highest BCUT2D eigenvalue weighted by atomic mass is 35.5. The first-order chi connectivity index (χ1) is 8.65. The molecule has 0 spiro atoms. The Hall–Kier alpha value is -1.99. The largest absolute Gasteiger partial charge is 0.459 e. The minimum Gasteiger partial charge on any atom is -0.459 e. The van der Waals surface area contributed by atoms with Gasteiger partial charge in [-0.1, -0.05) is 5.92 Å². The van der Waals surface area contributed by atoms with Crippen molar-refractivity contribution in [2.75, 3.05) is 18.3 Å². The summed E-state index contributed by atoms with van der Waals surface area (Å²) in [5.41, 5.74) is 1.32. The molecule has 0 heterocycles. The molecule has 1 N–H and O–H groups in total. The van der Waals surface area contributed by atoms with Crippen LogP contribution in [0.1, 0.15) is 12.0 Å². The second kappa shape index (κ2) is 7.36. The van der Waals surface area contributed by atoms with Crippen molar-refractivity contribution in [3.63, 3.8) is 0 Å². The van der Waals surface area contributed by atoms with Crippen LogP contribution in [0.2, 0.25) is 0 Å². The Kier molecular flexibility index (Phi) is 5.75. The zero-order valence-electron chi connectivity index (χ0n) is 9.83. The molecule has 0 aliphatic carbocycles. The summed E-state index contributed by atoms with van der Waals surface area (Å²) in [7, 11) is 1.27. The fraction of sp³-hybridized carbons (Fsp3) is 0.231. The maximum atomic E-state index is 11.3. The molecule has 0 fully saturated rings. The Morgan fingerprint density at radius 3 is 2.56 bits per heavy atom. The number of hydrogen-bond acceptors (Lipinski definition) is 3. The molecule has 4 nitrogen and oxygen atoms in total. The second-order valence-corrected chi connectivity index (χ2v) is 3.68. The zero-order valence-corrected chi connectivity index (χ0v) is 10.6. The standard InChI is InChI=1S/C13H12ClNO3/c1-18-13(17)7-4-10-2-5-11(6-3-10)15-12(16)8-9-14/h2-3,5-6H,8-9H2,1H3,(H,15,16). The van der Waals surface area contributed by atoms with Crippen molar-refractivity contribution in [2.45, 2.75) is 6.42 Å². The van der Waals surface area contributed by atoms with Gasteiger partial charge in [-0.15, -0.1) is 11.6 Å². The van der Waals surface area contributed by atoms with Crippen LogP contribution in [0.4, 0.5) is 5.69 Å². The highest BCUT2D eigenvalue weighted by Gasteiger charge is 2.00. The van der Waals surface area contributed by atoms with Gasteiger partial charge in [0, 0.05) is 29.5 Å². The highest BCUT2D eigenvalue weighted by molar-refractivity contribution is 6.19. The summed E-state index contributed by atoms with van der Waals surface area (Å²) in [6.45, 7) is 0. The van der Waals surface area contributed by atoms with Crippen LogP contribution in [0.15, 0.2) is 24.3 Å². The minimum absolute atomic E-state index is 0.140. The Bertz CT molecular complexity index is 485. The predicted molar refractivity (Wildman–Crippen MR) is 69.3 cm³/mol. The maximum absolute atomic E-state index is 11.3. The van der Waals surface area contributed by atoms with Crippen molar-refractivity contribution < 1.29 is 14.3 Å². The average molecular weight is 266 g/mol. The van der Waals surface area contributed by atoms with Gasteiger partial charge in [-0.25, -0.2) is 4.79 Å². The number of amides is 1. The van der Waals surface area contributed by atoms with E-state index in [2.05, 4.69) is 21.9 Å². The first-order valence-electron chi connectivity index (χ1n) is 5.21. The van der Waals surface area contributed by atoms with Gasteiger partial charge in [0.25, 0.3) is 0 Å². The fourth-order valence-electron chi connectivity index (χ4n) is 1.12. The molecule has 1 aromatic rings. The molecule has 18 heavy (non-hydrogen) atoms. The third-order valence-electron chi connectivity index (χ3n) is 1.98. The van der Waals surface area contributed by atoms with Gasteiger partial charge >= 0.3 is 5.97 Å². The smallest absolute Gasteiger partial charge is 0.384 e. The van der Waals surface area contributed by atoms with Gasteiger partial charge in [0.05, 0.1) is 7.11 Å². The van der Waals surface area contributed by atoms with Crippen molar-refractivity contribution in [3.8, 4) is 11.8 Å². The fourth-order valence-corrected chi connectivity index (χ4v) is 1.29. The zero-order chi connectivity index (χ0) is 13.4. The summed E-state index contributed by atoms with van der Waals surface area (Å²) < 4.78 is 4.39. The molecular weight excluding hydrogens is 254 g/mol. The quantitative estimate of drug-likeness (QED) is 0.515. The van der Waals surface area contributed by atoms with Gasteiger partial charge in [0.1, 0.15) is 0 Å². The number of benzene rings is 1. The first kappa shape index (κ1) is 14.1. The Morgan fingerprint density at radius 2 is 2.00 bits per heavy atom. The summed E-state index contributed by atoms with van der Waals surface area (Å²) in [5, 5.41) is 2.68. The molecule has 0 unspecified atom stereocenters. The predicted octanol–water partition coefficient (Wildman–Crippen LogP) is 1.78. The van der Waals surface area contributed by atoms with E-state index < -0.39 is 5.97 Å². The van der Waals surface area contributed by atoms with E-state index in [0.717, 1.165) is 0 Å². The number of hydrogen-bond donors (Lipinski definition) is 1. The van der Waals surface area contributed by atoms with E-state index in [4.69, 9.17) is 11.6 Å². The van der Waals surface area contributed by atoms with Crippen LogP contribution in [-0.4, -0.2) is 24.9 Å². The van der Waals surface area contributed by atoms with Crippen LogP contribution in [0.3, 0.4) is 0 Å². The van der Waals surface area contributed by atoms with Crippen molar-refractivity contribution >= 4 is 29.2 Å². The highest BCUT2D eigenvalue weighted by Crippen LogP contribution is 2.09. The molecule has 1 aromatic carbocycles. The third-order valence-corrected chi connectivity index (χ3v) is 2.17. The minimum atomic E-state index is -0.588. The van der Waals surface area contributed by atoms with Crippen molar-refractivity contribution in [3.05, 3.63) is 29.8 Å². The summed E-state index contributed by atoms with van der Waals surface area (Å²) >= 11 is 5.45. The molecule has 0 aromatic heterocycles. The number of ether oxygens (including phenoxy) is 1. The van der Waals surface area contributed by atoms with E-state index in [0.29, 0.717) is 11.3 Å². The summed E-state index contributed by atoms with van der Waals surface area (Å²) in [6, 6.07) is 6.80. The SMILES string of the molecule is COC(=O)C#Cc1ccc(NC(=O)CCCl)cc1. The second-order valence-electron chi connectivity index (χ2n) is 3.31. The number of carbonyl (C=O) groups is 2. The van der Waals surface area contributed by atoms with E-state index in [1.165, 1.54) is 7.11 Å². The molecule has 1 amide bonds. The van der Waals surface area contributed by atoms with Crippen LogP contribution in [0.25, 0.3) is 0 Å². The van der Waals surface area contributed by atoms with Gasteiger partial charge in [-0.05, 0) is 24.3 Å². The Balaban J connectivity index is 2.64. The Labute approximate surface area is 110 Å². The Morgan fingerprint density at radius 1 is 1.33 bits per heavy atom. The van der Waals surface area contributed by atoms with Crippen LogP contribution < -0.4 is 5.32 Å². The van der Waals surface area contributed by atoms with Gasteiger partial charge < -0.3 is 10.1 Å². The van der Waals surface area contributed by atoms with Gasteiger partial charge in [-0.3, -0.25) is 4.79 Å². The third kappa shape index (κ3) is 4.89. The number of nitrogens with one attached hydrogen (secondary N) is 1. The maximum Gasteiger partial charge on any atom is 0.384 e. The van der Waals surface area contributed by atoms with Gasteiger partial charge in [0.2, 0.25) is 5.91 Å². The van der Waals surface area contributed by atoms with Crippen LogP contribution >= 0.6 is 11.6 Å². The van der Waals surface area contributed by atoms with E-state index in [9.17, 15) is 9.59 Å². The molecule has 0 aliphatic heterocycles. The van der Waals surface area contributed by atoms with Crippen LogP contribution in [0, 0.1) is 11.8 Å². The summed E-state index contributed by atoms with van der Waals surface area (Å²) in [4.78, 5) is 22.1. The number of carbonyl (C=O) groups excluding carboxylic acids is 2. The molecule has 94 valence electrons. The molecule has 0 radical (unpaired) electrons. The van der Waals surface area contributed by atoms with Crippen LogP contribution in [-0.2, 0) is 14.3 Å². The number of rotatable bonds is 3.